The Morgan fingerprint density at radius 3 is 2.09 bits per heavy atom. The van der Waals surface area contributed by atoms with Gasteiger partial charge in [0.25, 0.3) is 11.8 Å². The van der Waals surface area contributed by atoms with E-state index in [1.165, 1.54) is 16.7 Å². The Kier molecular flexibility index (Phi) is 5.83. The van der Waals surface area contributed by atoms with E-state index < -0.39 is 33.0 Å². The predicted octanol–water partition coefficient (Wildman–Crippen LogP) is 2.08. The number of thioether (sulfide) groups is 1. The Balaban J connectivity index is 1.51. The van der Waals surface area contributed by atoms with Crippen LogP contribution in [0.15, 0.2) is 24.3 Å². The third kappa shape index (κ3) is 3.94. The molecule has 3 heterocycles. The molecule has 3 aliphatic rings. The molecule has 1 aromatic rings. The highest BCUT2D eigenvalue weighted by molar-refractivity contribution is 8.02. The Bertz CT molecular complexity index is 979. The van der Waals surface area contributed by atoms with Crippen molar-refractivity contribution in [3.05, 3.63) is 35.4 Å². The smallest absolute Gasteiger partial charge is 0.322 e. The predicted molar refractivity (Wildman–Crippen MR) is 122 cm³/mol. The van der Waals surface area contributed by atoms with Crippen LogP contribution in [-0.4, -0.2) is 79.2 Å². The number of fused-ring (bicyclic) bond motifs is 1. The van der Waals surface area contributed by atoms with Crippen molar-refractivity contribution in [2.45, 2.75) is 55.7 Å². The van der Waals surface area contributed by atoms with E-state index in [4.69, 9.17) is 0 Å². The second-order valence-electron chi connectivity index (χ2n) is 10.1. The number of rotatable bonds is 5. The number of benzene rings is 1. The van der Waals surface area contributed by atoms with Gasteiger partial charge in [0.15, 0.2) is 0 Å². The van der Waals surface area contributed by atoms with E-state index in [-0.39, 0.29) is 24.9 Å². The van der Waals surface area contributed by atoms with Crippen molar-refractivity contribution in [2.75, 3.05) is 19.8 Å². The van der Waals surface area contributed by atoms with Crippen molar-refractivity contribution < 1.29 is 29.4 Å². The van der Waals surface area contributed by atoms with Gasteiger partial charge in [0.05, 0.1) is 29.1 Å². The monoisotopic (exact) mass is 475 g/mol. The van der Waals surface area contributed by atoms with Gasteiger partial charge in [-0.2, -0.15) is 0 Å². The largest absolute Gasteiger partial charge is 0.481 e. The van der Waals surface area contributed by atoms with Gasteiger partial charge in [-0.25, -0.2) is 0 Å². The lowest BCUT2D eigenvalue weighted by molar-refractivity contribution is -0.143. The molecular weight excluding hydrogens is 446 g/mol. The molecule has 2 unspecified atom stereocenters. The lowest BCUT2D eigenvalue weighted by atomic mass is 9.82. The van der Waals surface area contributed by atoms with Crippen LogP contribution in [0.25, 0.3) is 0 Å². The van der Waals surface area contributed by atoms with Crippen LogP contribution in [0.1, 0.15) is 60.7 Å². The van der Waals surface area contributed by atoms with Crippen LogP contribution in [0.2, 0.25) is 0 Å². The van der Waals surface area contributed by atoms with Crippen LogP contribution in [0.3, 0.4) is 0 Å². The molecule has 10 heteroatoms. The van der Waals surface area contributed by atoms with Crippen molar-refractivity contribution in [2.24, 2.45) is 5.41 Å². The highest BCUT2D eigenvalue weighted by Gasteiger charge is 2.62. The molecule has 4 rings (SSSR count). The molecule has 33 heavy (non-hydrogen) atoms. The van der Waals surface area contributed by atoms with E-state index in [0.717, 1.165) is 0 Å². The maximum atomic E-state index is 12.7. The van der Waals surface area contributed by atoms with Crippen LogP contribution >= 0.6 is 11.8 Å². The van der Waals surface area contributed by atoms with Crippen LogP contribution in [0.5, 0.6) is 0 Å². The van der Waals surface area contributed by atoms with Crippen LogP contribution in [0, 0.1) is 5.41 Å². The summed E-state index contributed by atoms with van der Waals surface area (Å²) in [5, 5.41) is 22.8. The summed E-state index contributed by atoms with van der Waals surface area (Å²) in [4.78, 5) is 51.6. The molecule has 9 nitrogen and oxygen atoms in total. The summed E-state index contributed by atoms with van der Waals surface area (Å²) in [6, 6.07) is 5.86. The van der Waals surface area contributed by atoms with E-state index in [0.29, 0.717) is 37.1 Å². The first-order valence-electron chi connectivity index (χ1n) is 11.0. The minimum atomic E-state index is -0.993. The van der Waals surface area contributed by atoms with Gasteiger partial charge in [0, 0.05) is 17.8 Å². The molecule has 1 spiro atoms. The standard InChI is InChI=1S/C23H29N3O6S/c1-21(2,3)23(12-16(27)28)24-17(20(31)32)22(33-23)8-10-25(11-9-22)13-26-18(29)14-6-4-5-7-15(14)19(26)30/h4-7,17,24H,8-13H2,1-3H3,(H,27,28)(H,31,32). The first kappa shape index (κ1) is 23.7. The number of amides is 2. The topological polar surface area (TPSA) is 127 Å². The van der Waals surface area contributed by atoms with Crippen molar-refractivity contribution in [3.63, 3.8) is 0 Å². The zero-order chi connectivity index (χ0) is 24.2. The minimum absolute atomic E-state index is 0.151. The number of aliphatic carboxylic acids is 2. The number of nitrogens with zero attached hydrogens (tertiary/aromatic N) is 2. The fraction of sp³-hybridized carbons (Fsp3) is 0.565. The highest BCUT2D eigenvalue weighted by Crippen LogP contribution is 2.58. The molecule has 1 aromatic carbocycles. The number of carbonyl (C=O) groups excluding carboxylic acids is 2. The molecule has 0 radical (unpaired) electrons. The lowest BCUT2D eigenvalue weighted by Gasteiger charge is -2.44. The number of likely N-dealkylation sites (tertiary alicyclic amines) is 1. The molecule has 2 saturated heterocycles. The Hall–Kier alpha value is -2.43. The molecule has 2 fully saturated rings. The number of hydrogen-bond acceptors (Lipinski definition) is 7. The minimum Gasteiger partial charge on any atom is -0.481 e. The third-order valence-electron chi connectivity index (χ3n) is 7.06. The van der Waals surface area contributed by atoms with Crippen molar-refractivity contribution in [1.29, 1.82) is 0 Å². The first-order chi connectivity index (χ1) is 15.4. The average Bonchev–Trinajstić information content (AvgIpc) is 3.18. The van der Waals surface area contributed by atoms with Crippen molar-refractivity contribution in [1.82, 2.24) is 15.1 Å². The summed E-state index contributed by atoms with van der Waals surface area (Å²) in [7, 11) is 0. The third-order valence-corrected chi connectivity index (χ3v) is 9.34. The van der Waals surface area contributed by atoms with Crippen molar-refractivity contribution in [3.8, 4) is 0 Å². The number of imide groups is 1. The Labute approximate surface area is 196 Å². The molecule has 3 aliphatic heterocycles. The van der Waals surface area contributed by atoms with Gasteiger partial charge < -0.3 is 10.2 Å². The average molecular weight is 476 g/mol. The molecule has 0 aliphatic carbocycles. The van der Waals surface area contributed by atoms with E-state index in [2.05, 4.69) is 5.32 Å². The van der Waals surface area contributed by atoms with E-state index >= 15 is 0 Å². The van der Waals surface area contributed by atoms with Gasteiger partial charge >= 0.3 is 11.9 Å². The molecule has 2 amide bonds. The maximum Gasteiger partial charge on any atom is 0.322 e. The van der Waals surface area contributed by atoms with Gasteiger partial charge in [-0.15, -0.1) is 11.8 Å². The number of piperidine rings is 1. The summed E-state index contributed by atoms with van der Waals surface area (Å²) >= 11 is 1.44. The summed E-state index contributed by atoms with van der Waals surface area (Å²) < 4.78 is -0.674. The SMILES string of the molecule is CC(C)(C)C1(CC(=O)O)NC(C(=O)O)C2(CCN(CN3C(=O)c4ccccc4C3=O)CC2)S1. The van der Waals surface area contributed by atoms with E-state index in [9.17, 15) is 29.4 Å². The molecule has 178 valence electrons. The maximum absolute atomic E-state index is 12.7. The first-order valence-corrected chi connectivity index (χ1v) is 11.8. The van der Waals surface area contributed by atoms with Gasteiger partial charge in [-0.05, 0) is 30.4 Å². The van der Waals surface area contributed by atoms with Crippen LogP contribution in [0.4, 0.5) is 0 Å². The van der Waals surface area contributed by atoms with Crippen LogP contribution in [-0.2, 0) is 9.59 Å². The fourth-order valence-corrected chi connectivity index (χ4v) is 7.09. The van der Waals surface area contributed by atoms with Gasteiger partial charge in [-0.3, -0.25) is 34.3 Å². The summed E-state index contributed by atoms with van der Waals surface area (Å²) in [6.45, 7) is 6.91. The summed E-state index contributed by atoms with van der Waals surface area (Å²) in [6.07, 6.45) is 0.815. The van der Waals surface area contributed by atoms with Crippen molar-refractivity contribution >= 4 is 35.5 Å². The Morgan fingerprint density at radius 1 is 1.09 bits per heavy atom. The quantitative estimate of drug-likeness (QED) is 0.549. The number of carbonyl (C=O) groups is 4. The number of carboxylic acid groups (broad SMARTS) is 2. The van der Waals surface area contributed by atoms with E-state index in [1.807, 2.05) is 25.7 Å². The normalized spacial score (nSPS) is 27.2. The highest BCUT2D eigenvalue weighted by atomic mass is 32.2. The Morgan fingerprint density at radius 2 is 1.64 bits per heavy atom. The van der Waals surface area contributed by atoms with Crippen LogP contribution < -0.4 is 5.32 Å². The zero-order valence-corrected chi connectivity index (χ0v) is 19.8. The number of carboxylic acids is 2. The second-order valence-corrected chi connectivity index (χ2v) is 11.8. The molecule has 3 N–H and O–H groups in total. The zero-order valence-electron chi connectivity index (χ0n) is 19.0. The molecule has 0 aromatic heterocycles. The molecular formula is C23H29N3O6S. The van der Waals surface area contributed by atoms with E-state index in [1.54, 1.807) is 24.3 Å². The fourth-order valence-electron chi connectivity index (χ4n) is 5.05. The van der Waals surface area contributed by atoms with Gasteiger partial charge in [-0.1, -0.05) is 32.9 Å². The lowest BCUT2D eigenvalue weighted by Crippen LogP contribution is -2.57. The summed E-state index contributed by atoms with van der Waals surface area (Å²) in [5.41, 5.74) is 0.312. The van der Waals surface area contributed by atoms with Gasteiger partial charge in [0.2, 0.25) is 0 Å². The molecule has 2 atom stereocenters. The second kappa shape index (κ2) is 8.11. The molecule has 0 saturated carbocycles. The number of hydrogen-bond donors (Lipinski definition) is 3. The summed E-state index contributed by atoms with van der Waals surface area (Å²) in [5.74, 6) is -2.60. The number of nitrogens with one attached hydrogen (secondary N) is 1. The molecule has 0 bridgehead atoms. The van der Waals surface area contributed by atoms with Gasteiger partial charge in [0.1, 0.15) is 6.04 Å².